The van der Waals surface area contributed by atoms with Crippen LogP contribution >= 0.6 is 0 Å². The Balaban J connectivity index is 1.02. The molecule has 0 aliphatic carbocycles. The van der Waals surface area contributed by atoms with Crippen LogP contribution in [0.4, 0.5) is 0 Å². The first-order valence-corrected chi connectivity index (χ1v) is 20.8. The Morgan fingerprint density at radius 1 is 0.290 bits per heavy atom. The average molecular weight is 793 g/mol. The van der Waals surface area contributed by atoms with Crippen molar-refractivity contribution < 1.29 is 4.42 Å². The highest BCUT2D eigenvalue weighted by Crippen LogP contribution is 2.42. The minimum absolute atomic E-state index is 0.576. The molecule has 3 aromatic heterocycles. The smallest absolute Gasteiger partial charge is 0.164 e. The number of hydrogen-bond acceptors (Lipinski definition) is 4. The van der Waals surface area contributed by atoms with Crippen LogP contribution in [-0.2, 0) is 0 Å². The topological polar surface area (TPSA) is 56.7 Å². The van der Waals surface area contributed by atoms with Gasteiger partial charge in [0.1, 0.15) is 11.2 Å². The van der Waals surface area contributed by atoms with Crippen LogP contribution in [0.5, 0.6) is 0 Å². The summed E-state index contributed by atoms with van der Waals surface area (Å²) in [7, 11) is 0. The molecule has 0 aliphatic heterocycles. The van der Waals surface area contributed by atoms with Crippen LogP contribution in [-0.4, -0.2) is 19.5 Å². The van der Waals surface area contributed by atoms with E-state index in [1.54, 1.807) is 0 Å². The summed E-state index contributed by atoms with van der Waals surface area (Å²) in [4.78, 5) is 15.2. The van der Waals surface area contributed by atoms with E-state index in [1.807, 2.05) is 36.4 Å². The Labute approximate surface area is 357 Å². The highest BCUT2D eigenvalue weighted by atomic mass is 16.3. The maximum Gasteiger partial charge on any atom is 0.164 e. The molecule has 0 saturated carbocycles. The molecule has 0 unspecified atom stereocenters. The zero-order valence-electron chi connectivity index (χ0n) is 33.5. The molecule has 9 aromatic carbocycles. The molecule has 0 radical (unpaired) electrons. The number of fused-ring (bicyclic) bond motifs is 6. The fraction of sp³-hybridized carbons (Fsp3) is 0. The largest absolute Gasteiger partial charge is 0.456 e. The predicted octanol–water partition coefficient (Wildman–Crippen LogP) is 14.9. The van der Waals surface area contributed by atoms with Gasteiger partial charge in [-0.1, -0.05) is 164 Å². The van der Waals surface area contributed by atoms with E-state index in [-0.39, 0.29) is 0 Å². The summed E-state index contributed by atoms with van der Waals surface area (Å²) in [5, 5.41) is 4.45. The van der Waals surface area contributed by atoms with E-state index in [4.69, 9.17) is 19.4 Å². The maximum atomic E-state index is 6.74. The van der Waals surface area contributed by atoms with Gasteiger partial charge >= 0.3 is 0 Å². The van der Waals surface area contributed by atoms with Crippen molar-refractivity contribution in [3.63, 3.8) is 0 Å². The highest BCUT2D eigenvalue weighted by Gasteiger charge is 2.20. The van der Waals surface area contributed by atoms with Crippen molar-refractivity contribution in [2.24, 2.45) is 0 Å². The van der Waals surface area contributed by atoms with Gasteiger partial charge in [-0.25, -0.2) is 15.0 Å². The lowest BCUT2D eigenvalue weighted by atomic mass is 10.0. The third kappa shape index (κ3) is 6.14. The quantitative estimate of drug-likeness (QED) is 0.161. The summed E-state index contributed by atoms with van der Waals surface area (Å²) in [6.07, 6.45) is 0. The summed E-state index contributed by atoms with van der Waals surface area (Å²) >= 11 is 0. The lowest BCUT2D eigenvalue weighted by molar-refractivity contribution is 0.669. The normalized spacial score (nSPS) is 11.5. The van der Waals surface area contributed by atoms with Gasteiger partial charge in [0, 0.05) is 32.8 Å². The van der Waals surface area contributed by atoms with Crippen LogP contribution < -0.4 is 0 Å². The van der Waals surface area contributed by atoms with E-state index in [9.17, 15) is 0 Å². The highest BCUT2D eigenvalue weighted by molar-refractivity contribution is 6.15. The van der Waals surface area contributed by atoms with Crippen molar-refractivity contribution in [3.05, 3.63) is 218 Å². The van der Waals surface area contributed by atoms with Crippen molar-refractivity contribution in [1.29, 1.82) is 0 Å². The fourth-order valence-electron chi connectivity index (χ4n) is 8.85. The monoisotopic (exact) mass is 792 g/mol. The third-order valence-corrected chi connectivity index (χ3v) is 11.8. The Morgan fingerprint density at radius 2 is 0.726 bits per heavy atom. The number of hydrogen-bond donors (Lipinski definition) is 0. The number of benzene rings is 9. The Kier molecular flexibility index (Phi) is 8.42. The van der Waals surface area contributed by atoms with Gasteiger partial charge in [0.15, 0.2) is 17.5 Å². The Bertz CT molecular complexity index is 3520. The number of aromatic nitrogens is 4. The van der Waals surface area contributed by atoms with Gasteiger partial charge in [-0.2, -0.15) is 0 Å². The van der Waals surface area contributed by atoms with Crippen LogP contribution in [0.15, 0.2) is 223 Å². The molecule has 12 rings (SSSR count). The molecular weight excluding hydrogens is 757 g/mol. The van der Waals surface area contributed by atoms with Gasteiger partial charge in [0.2, 0.25) is 0 Å². The Hall–Kier alpha value is -8.41. The van der Waals surface area contributed by atoms with Crippen LogP contribution in [0.3, 0.4) is 0 Å². The summed E-state index contributed by atoms with van der Waals surface area (Å²) in [6, 6.07) is 76.4. The van der Waals surface area contributed by atoms with Crippen molar-refractivity contribution >= 4 is 43.7 Å². The van der Waals surface area contributed by atoms with Gasteiger partial charge in [-0.3, -0.25) is 0 Å². The molecule has 0 aliphatic rings. The molecule has 0 bridgehead atoms. The Morgan fingerprint density at radius 3 is 1.29 bits per heavy atom. The van der Waals surface area contributed by atoms with E-state index in [0.29, 0.717) is 17.5 Å². The molecule has 5 nitrogen and oxygen atoms in total. The molecule has 290 valence electrons. The van der Waals surface area contributed by atoms with Gasteiger partial charge < -0.3 is 8.98 Å². The molecular formula is C57H36N4O. The summed E-state index contributed by atoms with van der Waals surface area (Å²) in [5.41, 5.74) is 14.6. The van der Waals surface area contributed by atoms with Crippen molar-refractivity contribution in [3.8, 4) is 73.2 Å². The van der Waals surface area contributed by atoms with Crippen LogP contribution in [0.2, 0.25) is 0 Å². The number of nitrogens with zero attached hydrogens (tertiary/aromatic N) is 4. The van der Waals surface area contributed by atoms with E-state index in [1.165, 1.54) is 33.0 Å². The van der Waals surface area contributed by atoms with Gasteiger partial charge in [0.05, 0.1) is 22.1 Å². The van der Waals surface area contributed by atoms with Crippen molar-refractivity contribution in [2.45, 2.75) is 0 Å². The van der Waals surface area contributed by atoms with Gasteiger partial charge in [-0.05, 0) is 88.0 Å². The number of furan rings is 1. The second kappa shape index (κ2) is 14.7. The molecule has 12 aromatic rings. The molecule has 0 N–H and O–H groups in total. The molecule has 0 spiro atoms. The van der Waals surface area contributed by atoms with Gasteiger partial charge in [-0.15, -0.1) is 0 Å². The first kappa shape index (κ1) is 35.5. The standard InChI is InChI=1S/C57H36N4O/c1-5-15-37(16-6-1)41-23-13-24-44(33-41)56-58-55(40-21-11-4-12-22-40)59-57(60-56)45-27-30-46-53(36-45)62-52-26-14-25-51(54(46)52)61-49-31-28-42(38-17-7-2-8-18-38)34-47(49)48-35-43(29-32-50(48)61)39-19-9-3-10-20-39/h1-36H. The molecule has 62 heavy (non-hydrogen) atoms. The van der Waals surface area contributed by atoms with Crippen molar-refractivity contribution in [1.82, 2.24) is 19.5 Å². The van der Waals surface area contributed by atoms with Crippen LogP contribution in [0, 0.1) is 0 Å². The van der Waals surface area contributed by atoms with E-state index in [2.05, 4.69) is 187 Å². The molecule has 3 heterocycles. The maximum absolute atomic E-state index is 6.74. The molecule has 0 atom stereocenters. The minimum atomic E-state index is 0.576. The lowest BCUT2D eigenvalue weighted by Gasteiger charge is -2.11. The molecule has 0 amide bonds. The second-order valence-electron chi connectivity index (χ2n) is 15.6. The summed E-state index contributed by atoms with van der Waals surface area (Å²) < 4.78 is 9.14. The van der Waals surface area contributed by atoms with Gasteiger partial charge in [0.25, 0.3) is 0 Å². The average Bonchev–Trinajstić information content (AvgIpc) is 3.90. The third-order valence-electron chi connectivity index (χ3n) is 11.8. The summed E-state index contributed by atoms with van der Waals surface area (Å²) in [6.45, 7) is 0. The lowest BCUT2D eigenvalue weighted by Crippen LogP contribution is -2.00. The SMILES string of the molecule is c1ccc(-c2cccc(-c3nc(-c4ccccc4)nc(-c4ccc5c(c4)oc4cccc(-n6c7ccc(-c8ccccc8)cc7c7cc(-c8ccccc8)ccc76)c45)n3)c2)cc1. The fourth-order valence-corrected chi connectivity index (χ4v) is 8.85. The van der Waals surface area contributed by atoms with E-state index >= 15 is 0 Å². The molecule has 5 heteroatoms. The second-order valence-corrected chi connectivity index (χ2v) is 15.6. The predicted molar refractivity (Wildman–Crippen MR) is 254 cm³/mol. The zero-order chi connectivity index (χ0) is 41.0. The van der Waals surface area contributed by atoms with E-state index < -0.39 is 0 Å². The first-order chi connectivity index (χ1) is 30.7. The van der Waals surface area contributed by atoms with E-state index in [0.717, 1.165) is 66.5 Å². The number of rotatable bonds is 7. The molecule has 0 fully saturated rings. The van der Waals surface area contributed by atoms with Crippen molar-refractivity contribution in [2.75, 3.05) is 0 Å². The molecule has 0 saturated heterocycles. The van der Waals surface area contributed by atoms with Crippen LogP contribution in [0.25, 0.3) is 117 Å². The minimum Gasteiger partial charge on any atom is -0.456 e. The zero-order valence-corrected chi connectivity index (χ0v) is 33.5. The summed E-state index contributed by atoms with van der Waals surface area (Å²) in [5.74, 6) is 1.79. The first-order valence-electron chi connectivity index (χ1n) is 20.8. The van der Waals surface area contributed by atoms with Crippen LogP contribution in [0.1, 0.15) is 0 Å².